The number of aromatic nitrogens is 1. The van der Waals surface area contributed by atoms with Crippen LogP contribution in [0, 0.1) is 17.8 Å². The van der Waals surface area contributed by atoms with Gasteiger partial charge < -0.3 is 24.9 Å². The number of nitrogens with one attached hydrogen (secondary N) is 2. The number of benzene rings is 2. The van der Waals surface area contributed by atoms with E-state index < -0.39 is 40.7 Å². The summed E-state index contributed by atoms with van der Waals surface area (Å²) in [6.45, 7) is 5.37. The molecule has 2 atom stereocenters. The smallest absolute Gasteiger partial charge is 0.323 e. The molecule has 1 amide bonds. The summed E-state index contributed by atoms with van der Waals surface area (Å²) < 4.78 is 24.8. The first-order valence-electron chi connectivity index (χ1n) is 13.4. The minimum atomic E-state index is -2.71. The van der Waals surface area contributed by atoms with Gasteiger partial charge in [-0.2, -0.15) is 4.41 Å². The van der Waals surface area contributed by atoms with Crippen molar-refractivity contribution in [1.29, 1.82) is 0 Å². The van der Waals surface area contributed by atoms with E-state index in [-0.39, 0.29) is 5.56 Å². The van der Waals surface area contributed by atoms with Crippen LogP contribution in [-0.2, 0) is 22.6 Å². The average Bonchev–Trinajstić information content (AvgIpc) is 2.98. The quantitative estimate of drug-likeness (QED) is 0.253. The zero-order valence-electron chi connectivity index (χ0n) is 23.3. The number of rotatable bonds is 9. The van der Waals surface area contributed by atoms with Gasteiger partial charge in [0.25, 0.3) is 11.5 Å². The number of hydrogen-bond acceptors (Lipinski definition) is 7. The van der Waals surface area contributed by atoms with Crippen molar-refractivity contribution >= 4 is 28.8 Å². The molecule has 0 saturated carbocycles. The molecule has 0 bridgehead atoms. The lowest BCUT2D eigenvalue weighted by Crippen LogP contribution is -2.60. The number of carboxylic acids is 1. The van der Waals surface area contributed by atoms with E-state index in [0.717, 1.165) is 21.2 Å². The molecule has 0 radical (unpaired) electrons. The van der Waals surface area contributed by atoms with Crippen LogP contribution in [0.2, 0.25) is 0 Å². The lowest BCUT2D eigenvalue weighted by atomic mass is 10.1. The van der Waals surface area contributed by atoms with Crippen molar-refractivity contribution in [3.05, 3.63) is 99.5 Å². The van der Waals surface area contributed by atoms with Gasteiger partial charge in [-0.05, 0) is 41.8 Å². The Morgan fingerprint density at radius 1 is 1.05 bits per heavy atom. The largest absolute Gasteiger partial charge is 0.759 e. The van der Waals surface area contributed by atoms with Gasteiger partial charge in [0, 0.05) is 67.0 Å². The van der Waals surface area contributed by atoms with E-state index in [1.807, 2.05) is 54.6 Å². The van der Waals surface area contributed by atoms with Crippen LogP contribution < -0.4 is 15.8 Å². The minimum absolute atomic E-state index is 0.0188. The molecule has 2 unspecified atom stereocenters. The zero-order chi connectivity index (χ0) is 30.2. The molecular weight excluding hydrogens is 558 g/mol. The predicted molar refractivity (Wildman–Crippen MR) is 158 cm³/mol. The van der Waals surface area contributed by atoms with Crippen LogP contribution in [0.15, 0.2) is 71.7 Å². The zero-order valence-corrected chi connectivity index (χ0v) is 24.1. The number of carbonyl (C=O) groups is 2. The van der Waals surface area contributed by atoms with E-state index >= 15 is 0 Å². The molecule has 4 rings (SSSR count). The summed E-state index contributed by atoms with van der Waals surface area (Å²) in [5, 5.41) is 13.9. The molecule has 220 valence electrons. The molecule has 3 N–H and O–H groups in total. The fourth-order valence-electron chi connectivity index (χ4n) is 4.65. The van der Waals surface area contributed by atoms with Gasteiger partial charge in [-0.15, -0.1) is 0 Å². The van der Waals surface area contributed by atoms with Crippen molar-refractivity contribution in [3.8, 4) is 11.8 Å². The van der Waals surface area contributed by atoms with Gasteiger partial charge in [-0.1, -0.05) is 56.0 Å². The van der Waals surface area contributed by atoms with Crippen molar-refractivity contribution in [1.82, 2.24) is 19.7 Å². The van der Waals surface area contributed by atoms with Gasteiger partial charge in [-0.3, -0.25) is 18.6 Å². The number of anilines is 1. The van der Waals surface area contributed by atoms with Gasteiger partial charge in [0.1, 0.15) is 11.6 Å². The molecule has 0 spiro atoms. The summed E-state index contributed by atoms with van der Waals surface area (Å²) in [7, 11) is 0. The van der Waals surface area contributed by atoms with Crippen molar-refractivity contribution in [2.24, 2.45) is 5.92 Å². The van der Waals surface area contributed by atoms with Crippen LogP contribution in [0.3, 0.4) is 0 Å². The molecule has 1 aromatic heterocycles. The van der Waals surface area contributed by atoms with Gasteiger partial charge in [0.2, 0.25) is 0 Å². The summed E-state index contributed by atoms with van der Waals surface area (Å²) in [6, 6.07) is 17.2. The minimum Gasteiger partial charge on any atom is -0.759 e. The molecule has 2 heterocycles. The van der Waals surface area contributed by atoms with Crippen LogP contribution in [0.1, 0.15) is 40.9 Å². The Hall–Kier alpha value is -4.28. The Labute approximate surface area is 246 Å². The second-order valence-electron chi connectivity index (χ2n) is 10.1. The number of pyridine rings is 1. The van der Waals surface area contributed by atoms with Crippen LogP contribution >= 0.6 is 0 Å². The molecule has 11 nitrogen and oxygen atoms in total. The fraction of sp³-hybridized carbons (Fsp3) is 0.300. The summed E-state index contributed by atoms with van der Waals surface area (Å²) in [6.07, 6.45) is 1.46. The van der Waals surface area contributed by atoms with E-state index in [0.29, 0.717) is 38.3 Å². The number of carboxylic acid groups (broad SMARTS) is 1. The summed E-state index contributed by atoms with van der Waals surface area (Å²) in [5.74, 6) is 3.96. The summed E-state index contributed by atoms with van der Waals surface area (Å²) >= 11 is -2.71. The monoisotopic (exact) mass is 590 g/mol. The first-order valence-corrected chi connectivity index (χ1v) is 14.5. The number of piperazine rings is 1. The lowest BCUT2D eigenvalue weighted by Gasteiger charge is -2.45. The predicted octanol–water partition coefficient (Wildman–Crippen LogP) is 1.95. The highest BCUT2D eigenvalue weighted by Gasteiger charge is 2.35. The maximum Gasteiger partial charge on any atom is 0.323 e. The fourth-order valence-corrected chi connectivity index (χ4v) is 5.52. The van der Waals surface area contributed by atoms with E-state index in [9.17, 15) is 28.3 Å². The standard InChI is InChI=1S/C30H33N5O6S/c1-21(2)27(30(38)39)35(42(40)41)34-16-14-33(15-17-34)25-12-10-22(11-13-25)8-9-24-18-26(29(37)32-20-24)28(36)31-19-23-6-4-3-5-7-23/h3-7,10-13,18,20-21,27H,14-17,19H2,1-2H3,(H,31,36)(H,32,37)(H,38,39)(H,40,41)/p-1. The van der Waals surface area contributed by atoms with Crippen LogP contribution in [0.5, 0.6) is 0 Å². The third-order valence-electron chi connectivity index (χ3n) is 6.84. The molecule has 1 fully saturated rings. The molecule has 42 heavy (non-hydrogen) atoms. The highest BCUT2D eigenvalue weighted by molar-refractivity contribution is 7.76. The van der Waals surface area contributed by atoms with Gasteiger partial charge in [-0.25, -0.2) is 5.01 Å². The average molecular weight is 591 g/mol. The van der Waals surface area contributed by atoms with Crippen molar-refractivity contribution in [2.45, 2.75) is 26.4 Å². The van der Waals surface area contributed by atoms with Crippen molar-refractivity contribution in [2.75, 3.05) is 31.1 Å². The van der Waals surface area contributed by atoms with E-state index in [1.54, 1.807) is 18.9 Å². The number of aliphatic carboxylic acids is 1. The first kappa shape index (κ1) is 30.7. The summed E-state index contributed by atoms with van der Waals surface area (Å²) in [5.41, 5.74) is 2.55. The summed E-state index contributed by atoms with van der Waals surface area (Å²) in [4.78, 5) is 41.2. The van der Waals surface area contributed by atoms with E-state index in [2.05, 4.69) is 27.0 Å². The Balaban J connectivity index is 1.38. The highest BCUT2D eigenvalue weighted by atomic mass is 32.2. The van der Waals surface area contributed by atoms with Crippen LogP contribution in [0.25, 0.3) is 0 Å². The maximum atomic E-state index is 12.6. The van der Waals surface area contributed by atoms with Gasteiger partial charge in [0.05, 0.1) is 0 Å². The van der Waals surface area contributed by atoms with Crippen LogP contribution in [0.4, 0.5) is 5.69 Å². The Kier molecular flexibility index (Phi) is 10.3. The Bertz CT molecular complexity index is 1540. The third-order valence-corrected chi connectivity index (χ3v) is 7.60. The molecular formula is C30H32N5O6S-. The number of carbonyl (C=O) groups excluding carboxylic acids is 1. The third kappa shape index (κ3) is 7.71. The van der Waals surface area contributed by atoms with E-state index in [1.165, 1.54) is 12.3 Å². The topological polar surface area (TPSA) is 149 Å². The number of H-pyrrole nitrogens is 1. The Morgan fingerprint density at radius 2 is 1.69 bits per heavy atom. The van der Waals surface area contributed by atoms with Gasteiger partial charge in [0.15, 0.2) is 0 Å². The number of aromatic amines is 1. The number of nitrogens with zero attached hydrogens (tertiary/aromatic N) is 3. The normalized spacial score (nSPS) is 15.1. The van der Waals surface area contributed by atoms with Crippen molar-refractivity contribution in [3.63, 3.8) is 0 Å². The highest BCUT2D eigenvalue weighted by Crippen LogP contribution is 2.21. The molecule has 1 aliphatic rings. The number of hydrogen-bond donors (Lipinski definition) is 3. The molecule has 1 saturated heterocycles. The Morgan fingerprint density at radius 3 is 2.29 bits per heavy atom. The number of hydrazine groups is 1. The van der Waals surface area contributed by atoms with Crippen molar-refractivity contribution < 1.29 is 23.5 Å². The molecule has 3 aromatic rings. The second-order valence-corrected chi connectivity index (χ2v) is 10.9. The lowest BCUT2D eigenvalue weighted by molar-refractivity contribution is -0.149. The molecule has 2 aromatic carbocycles. The SMILES string of the molecule is CC(C)C(C(=O)O)N(N1CCN(c2ccc(C#Cc3c[nH]c(=O)c(C(=O)NCc4ccccc4)c3)cc2)CC1)S(=O)[O-]. The van der Waals surface area contributed by atoms with Crippen LogP contribution in [-0.4, -0.2) is 72.4 Å². The molecule has 0 aliphatic carbocycles. The number of amides is 1. The maximum absolute atomic E-state index is 12.6. The van der Waals surface area contributed by atoms with E-state index in [4.69, 9.17) is 0 Å². The first-order chi connectivity index (χ1) is 20.1. The molecule has 1 aliphatic heterocycles. The second kappa shape index (κ2) is 14.1. The van der Waals surface area contributed by atoms with Gasteiger partial charge >= 0.3 is 5.97 Å². The molecule has 12 heteroatoms.